The number of rotatable bonds is 7. The van der Waals surface area contributed by atoms with E-state index in [4.69, 9.17) is 9.84 Å². The van der Waals surface area contributed by atoms with Crippen molar-refractivity contribution >= 4 is 23.2 Å². The molecule has 1 aromatic carbocycles. The maximum absolute atomic E-state index is 12.6. The molecule has 1 amide bonds. The van der Waals surface area contributed by atoms with Crippen LogP contribution in [0.25, 0.3) is 11.1 Å². The molecule has 0 fully saturated rings. The Morgan fingerprint density at radius 2 is 1.92 bits per heavy atom. The predicted octanol–water partition coefficient (Wildman–Crippen LogP) is 3.67. The van der Waals surface area contributed by atoms with Gasteiger partial charge >= 0.3 is 5.97 Å². The molecule has 0 saturated heterocycles. The van der Waals surface area contributed by atoms with E-state index < -0.39 is 5.97 Å². The summed E-state index contributed by atoms with van der Waals surface area (Å²) >= 11 is 1.44. The van der Waals surface area contributed by atoms with Crippen molar-refractivity contribution in [3.05, 3.63) is 40.1 Å². The van der Waals surface area contributed by atoms with Crippen molar-refractivity contribution in [3.63, 3.8) is 0 Å². The van der Waals surface area contributed by atoms with Crippen LogP contribution in [0.4, 0.5) is 0 Å². The zero-order valence-corrected chi connectivity index (χ0v) is 14.9. The van der Waals surface area contributed by atoms with Gasteiger partial charge in [0.1, 0.15) is 5.75 Å². The minimum atomic E-state index is -0.900. The zero-order chi connectivity index (χ0) is 17.7. The smallest absolute Gasteiger partial charge is 0.305 e. The van der Waals surface area contributed by atoms with E-state index in [1.807, 2.05) is 44.2 Å². The molecule has 0 spiro atoms. The van der Waals surface area contributed by atoms with Crippen LogP contribution in [0, 0.1) is 6.92 Å². The lowest BCUT2D eigenvalue weighted by atomic mass is 10.1. The van der Waals surface area contributed by atoms with E-state index in [-0.39, 0.29) is 18.9 Å². The number of thiophene rings is 1. The highest BCUT2D eigenvalue weighted by Gasteiger charge is 2.19. The standard InChI is InChI=1S/C18H21NO4S/c1-4-19(10-9-17(20)21)18(22)16-11-15(12(2)24-16)13-5-7-14(23-3)8-6-13/h5-8,11H,4,9-10H2,1-3H3,(H,20,21). The maximum atomic E-state index is 12.6. The first kappa shape index (κ1) is 18.0. The largest absolute Gasteiger partial charge is 0.497 e. The summed E-state index contributed by atoms with van der Waals surface area (Å²) < 4.78 is 5.16. The molecule has 24 heavy (non-hydrogen) atoms. The van der Waals surface area contributed by atoms with Crippen LogP contribution < -0.4 is 4.74 Å². The highest BCUT2D eigenvalue weighted by molar-refractivity contribution is 7.14. The summed E-state index contributed by atoms with van der Waals surface area (Å²) in [6, 6.07) is 9.58. The van der Waals surface area contributed by atoms with Crippen LogP contribution in [-0.4, -0.2) is 42.1 Å². The Bertz CT molecular complexity index is 721. The van der Waals surface area contributed by atoms with Gasteiger partial charge in [0.2, 0.25) is 0 Å². The molecule has 0 aliphatic carbocycles. The third-order valence-electron chi connectivity index (χ3n) is 3.79. The summed E-state index contributed by atoms with van der Waals surface area (Å²) in [5, 5.41) is 8.80. The number of amides is 1. The Morgan fingerprint density at radius 3 is 2.46 bits per heavy atom. The average molecular weight is 347 g/mol. The average Bonchev–Trinajstić information content (AvgIpc) is 2.97. The van der Waals surface area contributed by atoms with Gasteiger partial charge in [0.25, 0.3) is 5.91 Å². The summed E-state index contributed by atoms with van der Waals surface area (Å²) in [5.41, 5.74) is 2.04. The van der Waals surface area contributed by atoms with Gasteiger partial charge in [-0.05, 0) is 43.2 Å². The topological polar surface area (TPSA) is 66.8 Å². The van der Waals surface area contributed by atoms with E-state index in [1.165, 1.54) is 11.3 Å². The second-order valence-electron chi connectivity index (χ2n) is 5.34. The maximum Gasteiger partial charge on any atom is 0.305 e. The second-order valence-corrected chi connectivity index (χ2v) is 6.59. The molecule has 0 atom stereocenters. The monoisotopic (exact) mass is 347 g/mol. The lowest BCUT2D eigenvalue weighted by Crippen LogP contribution is -2.32. The number of methoxy groups -OCH3 is 1. The molecule has 5 nitrogen and oxygen atoms in total. The number of aryl methyl sites for hydroxylation is 1. The van der Waals surface area contributed by atoms with Crippen LogP contribution in [0.3, 0.4) is 0 Å². The van der Waals surface area contributed by atoms with Gasteiger partial charge in [-0.1, -0.05) is 12.1 Å². The Morgan fingerprint density at radius 1 is 1.25 bits per heavy atom. The molecule has 0 unspecified atom stereocenters. The van der Waals surface area contributed by atoms with Gasteiger partial charge in [-0.2, -0.15) is 0 Å². The fourth-order valence-corrected chi connectivity index (χ4v) is 3.44. The number of nitrogens with zero attached hydrogens (tertiary/aromatic N) is 1. The minimum Gasteiger partial charge on any atom is -0.497 e. The van der Waals surface area contributed by atoms with E-state index in [1.54, 1.807) is 12.0 Å². The molecule has 128 valence electrons. The van der Waals surface area contributed by atoms with Crippen molar-refractivity contribution in [2.24, 2.45) is 0 Å². The number of aliphatic carboxylic acids is 1. The Labute approximate surface area is 145 Å². The Hall–Kier alpha value is -2.34. The molecule has 0 aliphatic heterocycles. The number of hydrogen-bond acceptors (Lipinski definition) is 4. The first-order valence-corrected chi connectivity index (χ1v) is 8.53. The first-order chi connectivity index (χ1) is 11.5. The molecule has 6 heteroatoms. The van der Waals surface area contributed by atoms with E-state index in [2.05, 4.69) is 0 Å². The number of carbonyl (C=O) groups is 2. The summed E-state index contributed by atoms with van der Waals surface area (Å²) in [4.78, 5) is 26.6. The van der Waals surface area contributed by atoms with Crippen molar-refractivity contribution in [1.29, 1.82) is 0 Å². The zero-order valence-electron chi connectivity index (χ0n) is 14.0. The third-order valence-corrected chi connectivity index (χ3v) is 4.83. The lowest BCUT2D eigenvalue weighted by Gasteiger charge is -2.18. The summed E-state index contributed by atoms with van der Waals surface area (Å²) in [6.45, 7) is 4.54. The highest BCUT2D eigenvalue weighted by Crippen LogP contribution is 2.32. The molecule has 0 aliphatic rings. The first-order valence-electron chi connectivity index (χ1n) is 7.72. The number of benzene rings is 1. The molecule has 1 N–H and O–H groups in total. The van der Waals surface area contributed by atoms with Gasteiger partial charge in [-0.3, -0.25) is 9.59 Å². The van der Waals surface area contributed by atoms with Gasteiger partial charge < -0.3 is 14.7 Å². The highest BCUT2D eigenvalue weighted by atomic mass is 32.1. The molecule has 1 heterocycles. The van der Waals surface area contributed by atoms with Gasteiger partial charge in [0.05, 0.1) is 18.4 Å². The fourth-order valence-electron chi connectivity index (χ4n) is 2.43. The number of carbonyl (C=O) groups excluding carboxylic acids is 1. The third kappa shape index (κ3) is 4.14. The number of hydrogen-bond donors (Lipinski definition) is 1. The van der Waals surface area contributed by atoms with Crippen LogP contribution in [0.2, 0.25) is 0 Å². The van der Waals surface area contributed by atoms with Crippen molar-refractivity contribution in [2.75, 3.05) is 20.2 Å². The molecule has 0 radical (unpaired) electrons. The van der Waals surface area contributed by atoms with E-state index >= 15 is 0 Å². The Kier molecular flexibility index (Phi) is 5.98. The fraction of sp³-hybridized carbons (Fsp3) is 0.333. The quantitative estimate of drug-likeness (QED) is 0.830. The number of carboxylic acids is 1. The van der Waals surface area contributed by atoms with Gasteiger partial charge in [-0.25, -0.2) is 0 Å². The van der Waals surface area contributed by atoms with E-state index in [0.29, 0.717) is 11.4 Å². The van der Waals surface area contributed by atoms with Crippen LogP contribution >= 0.6 is 11.3 Å². The summed E-state index contributed by atoms with van der Waals surface area (Å²) in [5.74, 6) is -0.233. The molecule has 2 aromatic rings. The number of ether oxygens (including phenoxy) is 1. The predicted molar refractivity (Wildman–Crippen MR) is 94.9 cm³/mol. The van der Waals surface area contributed by atoms with E-state index in [9.17, 15) is 9.59 Å². The van der Waals surface area contributed by atoms with Crippen LogP contribution in [0.1, 0.15) is 27.9 Å². The van der Waals surface area contributed by atoms with E-state index in [0.717, 1.165) is 21.8 Å². The van der Waals surface area contributed by atoms with Crippen LogP contribution in [0.15, 0.2) is 30.3 Å². The van der Waals surface area contributed by atoms with Gasteiger partial charge in [0, 0.05) is 18.0 Å². The van der Waals surface area contributed by atoms with Crippen molar-refractivity contribution in [3.8, 4) is 16.9 Å². The molecule has 0 saturated carbocycles. The number of carboxylic acid groups (broad SMARTS) is 1. The molecule has 1 aromatic heterocycles. The molecular weight excluding hydrogens is 326 g/mol. The van der Waals surface area contributed by atoms with Crippen molar-refractivity contribution < 1.29 is 19.4 Å². The molecule has 0 bridgehead atoms. The molecule has 2 rings (SSSR count). The SMILES string of the molecule is CCN(CCC(=O)O)C(=O)c1cc(-c2ccc(OC)cc2)c(C)s1. The summed E-state index contributed by atoms with van der Waals surface area (Å²) in [6.07, 6.45) is -0.0464. The van der Waals surface area contributed by atoms with Crippen LogP contribution in [-0.2, 0) is 4.79 Å². The van der Waals surface area contributed by atoms with Crippen molar-refractivity contribution in [1.82, 2.24) is 4.90 Å². The van der Waals surface area contributed by atoms with Gasteiger partial charge in [-0.15, -0.1) is 11.3 Å². The molecular formula is C18H21NO4S. The van der Waals surface area contributed by atoms with Crippen molar-refractivity contribution in [2.45, 2.75) is 20.3 Å². The van der Waals surface area contributed by atoms with Gasteiger partial charge in [0.15, 0.2) is 0 Å². The minimum absolute atomic E-state index is 0.0464. The lowest BCUT2D eigenvalue weighted by molar-refractivity contribution is -0.137. The Balaban J connectivity index is 2.22. The van der Waals surface area contributed by atoms with Crippen LogP contribution in [0.5, 0.6) is 5.75 Å². The second kappa shape index (κ2) is 7.97. The normalized spacial score (nSPS) is 10.5. The summed E-state index contributed by atoms with van der Waals surface area (Å²) in [7, 11) is 1.62.